The van der Waals surface area contributed by atoms with Gasteiger partial charge in [0.1, 0.15) is 0 Å². The number of nitrogens with zero attached hydrogens (tertiary/aromatic N) is 6. The predicted molar refractivity (Wildman–Crippen MR) is 130 cm³/mol. The molecule has 8 nitrogen and oxygen atoms in total. The second-order valence-corrected chi connectivity index (χ2v) is 8.75. The summed E-state index contributed by atoms with van der Waals surface area (Å²) in [5.41, 5.74) is 3.60. The lowest BCUT2D eigenvalue weighted by molar-refractivity contribution is 0.0852. The first-order chi connectivity index (χ1) is 16.7. The minimum absolute atomic E-state index is 0.0925. The Hall–Kier alpha value is -3.62. The summed E-state index contributed by atoms with van der Waals surface area (Å²) < 4.78 is 1.96. The fraction of sp³-hybridized carbons (Fsp3) is 0.308. The van der Waals surface area contributed by atoms with Gasteiger partial charge < -0.3 is 5.32 Å². The van der Waals surface area contributed by atoms with Crippen LogP contribution in [0.1, 0.15) is 33.5 Å². The number of amides is 1. The standard InChI is InChI=1S/C26H29N7O/c1-31-15-16-32(17-20-7-3-2-4-8-20)19-23(31)25-30-29-24-11-10-21(18-33(24)25)26(34)28-14-12-22-9-5-6-13-27-22/h2-11,13,18,23H,12,14-17,19H2,1H3,(H,28,34)/t23-/m1/s1. The minimum Gasteiger partial charge on any atom is -0.352 e. The van der Waals surface area contributed by atoms with E-state index in [-0.39, 0.29) is 11.9 Å². The van der Waals surface area contributed by atoms with Gasteiger partial charge >= 0.3 is 0 Å². The van der Waals surface area contributed by atoms with Crippen LogP contribution in [-0.4, -0.2) is 68.5 Å². The van der Waals surface area contributed by atoms with Gasteiger partial charge in [0.15, 0.2) is 11.5 Å². The molecule has 1 aromatic carbocycles. The van der Waals surface area contributed by atoms with E-state index in [0.717, 1.165) is 43.3 Å². The molecular weight excluding hydrogens is 426 g/mol. The zero-order valence-corrected chi connectivity index (χ0v) is 19.3. The fourth-order valence-corrected chi connectivity index (χ4v) is 4.42. The quantitative estimate of drug-likeness (QED) is 0.462. The van der Waals surface area contributed by atoms with E-state index in [2.05, 4.69) is 61.6 Å². The Kier molecular flexibility index (Phi) is 6.60. The van der Waals surface area contributed by atoms with E-state index in [4.69, 9.17) is 0 Å². The molecule has 0 saturated carbocycles. The first-order valence-corrected chi connectivity index (χ1v) is 11.7. The predicted octanol–water partition coefficient (Wildman–Crippen LogP) is 2.59. The van der Waals surface area contributed by atoms with Gasteiger partial charge in [-0.3, -0.25) is 24.0 Å². The van der Waals surface area contributed by atoms with Crippen LogP contribution in [-0.2, 0) is 13.0 Å². The maximum Gasteiger partial charge on any atom is 0.252 e. The smallest absolute Gasteiger partial charge is 0.252 e. The first-order valence-electron chi connectivity index (χ1n) is 11.7. The highest BCUT2D eigenvalue weighted by Crippen LogP contribution is 2.24. The molecule has 1 aliphatic rings. The Bertz CT molecular complexity index is 1240. The van der Waals surface area contributed by atoms with Crippen molar-refractivity contribution in [1.29, 1.82) is 0 Å². The van der Waals surface area contributed by atoms with E-state index in [1.54, 1.807) is 12.3 Å². The van der Waals surface area contributed by atoms with Crippen molar-refractivity contribution >= 4 is 11.6 Å². The molecule has 4 aromatic rings. The molecule has 8 heteroatoms. The third kappa shape index (κ3) is 4.98. The molecule has 34 heavy (non-hydrogen) atoms. The molecular formula is C26H29N7O. The number of benzene rings is 1. The Morgan fingerprint density at radius 3 is 2.71 bits per heavy atom. The number of hydrogen-bond donors (Lipinski definition) is 1. The van der Waals surface area contributed by atoms with Crippen molar-refractivity contribution in [3.8, 4) is 0 Å². The van der Waals surface area contributed by atoms with Crippen molar-refractivity contribution in [3.05, 3.63) is 95.7 Å². The monoisotopic (exact) mass is 455 g/mol. The van der Waals surface area contributed by atoms with Crippen molar-refractivity contribution < 1.29 is 4.79 Å². The van der Waals surface area contributed by atoms with Gasteiger partial charge in [-0.1, -0.05) is 36.4 Å². The van der Waals surface area contributed by atoms with Crippen LogP contribution < -0.4 is 5.32 Å². The average Bonchev–Trinajstić information content (AvgIpc) is 3.29. The van der Waals surface area contributed by atoms with Crippen LogP contribution in [0.3, 0.4) is 0 Å². The Morgan fingerprint density at radius 1 is 1.03 bits per heavy atom. The highest BCUT2D eigenvalue weighted by molar-refractivity contribution is 5.94. The maximum absolute atomic E-state index is 12.8. The van der Waals surface area contributed by atoms with Crippen molar-refractivity contribution in [1.82, 2.24) is 34.7 Å². The molecule has 1 amide bonds. The van der Waals surface area contributed by atoms with Crippen molar-refractivity contribution in [2.24, 2.45) is 0 Å². The van der Waals surface area contributed by atoms with Gasteiger partial charge in [-0.15, -0.1) is 10.2 Å². The van der Waals surface area contributed by atoms with Crippen LogP contribution in [0.25, 0.3) is 5.65 Å². The van der Waals surface area contributed by atoms with E-state index < -0.39 is 0 Å². The summed E-state index contributed by atoms with van der Waals surface area (Å²) in [6, 6.07) is 20.1. The second-order valence-electron chi connectivity index (χ2n) is 8.75. The van der Waals surface area contributed by atoms with E-state index >= 15 is 0 Å². The van der Waals surface area contributed by atoms with Crippen LogP contribution in [0.4, 0.5) is 0 Å². The zero-order chi connectivity index (χ0) is 23.3. The fourth-order valence-electron chi connectivity index (χ4n) is 4.42. The largest absolute Gasteiger partial charge is 0.352 e. The summed E-state index contributed by atoms with van der Waals surface area (Å²) in [6.07, 6.45) is 4.31. The molecule has 174 valence electrons. The lowest BCUT2D eigenvalue weighted by atomic mass is 10.1. The summed E-state index contributed by atoms with van der Waals surface area (Å²) in [5, 5.41) is 11.9. The van der Waals surface area contributed by atoms with Crippen LogP contribution in [0.2, 0.25) is 0 Å². The van der Waals surface area contributed by atoms with Crippen molar-refractivity contribution in [3.63, 3.8) is 0 Å². The van der Waals surface area contributed by atoms with E-state index in [9.17, 15) is 4.79 Å². The molecule has 0 unspecified atom stereocenters. The number of fused-ring (bicyclic) bond motifs is 1. The Morgan fingerprint density at radius 2 is 1.88 bits per heavy atom. The number of nitrogens with one attached hydrogen (secondary N) is 1. The highest BCUT2D eigenvalue weighted by Gasteiger charge is 2.29. The summed E-state index contributed by atoms with van der Waals surface area (Å²) >= 11 is 0. The summed E-state index contributed by atoms with van der Waals surface area (Å²) in [4.78, 5) is 21.9. The number of aromatic nitrogens is 4. The van der Waals surface area contributed by atoms with Gasteiger partial charge in [0, 0.05) is 57.2 Å². The molecule has 0 radical (unpaired) electrons. The van der Waals surface area contributed by atoms with E-state index in [1.165, 1.54) is 5.56 Å². The molecule has 1 atom stereocenters. The van der Waals surface area contributed by atoms with Gasteiger partial charge in [0.25, 0.3) is 5.91 Å². The van der Waals surface area contributed by atoms with Crippen molar-refractivity contribution in [2.75, 3.05) is 33.2 Å². The molecule has 3 aromatic heterocycles. The van der Waals surface area contributed by atoms with Crippen LogP contribution in [0, 0.1) is 0 Å². The number of piperazine rings is 1. The molecule has 0 aliphatic carbocycles. The molecule has 0 bridgehead atoms. The lowest BCUT2D eigenvalue weighted by Crippen LogP contribution is -2.46. The van der Waals surface area contributed by atoms with Gasteiger partial charge in [-0.2, -0.15) is 0 Å². The van der Waals surface area contributed by atoms with Gasteiger partial charge in [0.05, 0.1) is 11.6 Å². The molecule has 4 heterocycles. The number of hydrogen-bond acceptors (Lipinski definition) is 6. The van der Waals surface area contributed by atoms with Gasteiger partial charge in [-0.05, 0) is 36.9 Å². The molecule has 5 rings (SSSR count). The number of pyridine rings is 2. The van der Waals surface area contributed by atoms with E-state index in [1.807, 2.05) is 40.9 Å². The molecule has 1 saturated heterocycles. The zero-order valence-electron chi connectivity index (χ0n) is 19.3. The highest BCUT2D eigenvalue weighted by atomic mass is 16.1. The minimum atomic E-state index is -0.111. The van der Waals surface area contributed by atoms with Gasteiger partial charge in [-0.25, -0.2) is 0 Å². The Labute approximate surface area is 199 Å². The number of carbonyl (C=O) groups is 1. The first kappa shape index (κ1) is 22.2. The summed E-state index contributed by atoms with van der Waals surface area (Å²) in [7, 11) is 2.12. The number of likely N-dealkylation sites (N-methyl/N-ethyl adjacent to an activating group) is 1. The third-order valence-electron chi connectivity index (χ3n) is 6.36. The molecule has 0 spiro atoms. The Balaban J connectivity index is 1.30. The molecule has 1 fully saturated rings. The summed E-state index contributed by atoms with van der Waals surface area (Å²) in [6.45, 7) is 4.24. The SMILES string of the molecule is CN1CCN(Cc2ccccc2)C[C@@H]1c1nnc2ccc(C(=O)NCCc3ccccn3)cn12. The van der Waals surface area contributed by atoms with Crippen molar-refractivity contribution in [2.45, 2.75) is 19.0 Å². The number of rotatable bonds is 7. The topological polar surface area (TPSA) is 78.7 Å². The maximum atomic E-state index is 12.8. The molecule has 1 N–H and O–H groups in total. The summed E-state index contributed by atoms with van der Waals surface area (Å²) in [5.74, 6) is 0.749. The third-order valence-corrected chi connectivity index (χ3v) is 6.36. The van der Waals surface area contributed by atoms with Crippen LogP contribution in [0.15, 0.2) is 73.1 Å². The van der Waals surface area contributed by atoms with E-state index in [0.29, 0.717) is 18.5 Å². The number of carbonyl (C=O) groups excluding carboxylic acids is 1. The lowest BCUT2D eigenvalue weighted by Gasteiger charge is -2.38. The van der Waals surface area contributed by atoms with Crippen LogP contribution >= 0.6 is 0 Å². The normalized spacial score (nSPS) is 17.1. The van der Waals surface area contributed by atoms with Gasteiger partial charge in [0.2, 0.25) is 0 Å². The van der Waals surface area contributed by atoms with Crippen LogP contribution in [0.5, 0.6) is 0 Å². The molecule has 1 aliphatic heterocycles. The average molecular weight is 456 g/mol. The second kappa shape index (κ2) is 10.1.